The fourth-order valence-electron chi connectivity index (χ4n) is 3.66. The van der Waals surface area contributed by atoms with Crippen molar-refractivity contribution in [3.63, 3.8) is 0 Å². The van der Waals surface area contributed by atoms with Crippen molar-refractivity contribution in [2.24, 2.45) is 10.2 Å². The molecule has 0 atom stereocenters. The number of fused-ring (bicyclic) bond motifs is 1. The first-order valence-corrected chi connectivity index (χ1v) is 12.8. The van der Waals surface area contributed by atoms with Gasteiger partial charge in [-0.3, -0.25) is 9.35 Å². The van der Waals surface area contributed by atoms with Gasteiger partial charge in [-0.05, 0) is 48.2 Å². The van der Waals surface area contributed by atoms with Crippen molar-refractivity contribution < 1.29 is 57.2 Å². The fourth-order valence-corrected chi connectivity index (χ4v) is 4.87. The summed E-state index contributed by atoms with van der Waals surface area (Å²) in [6.07, 6.45) is 0. The molecule has 38 heavy (non-hydrogen) atoms. The molecule has 2 N–H and O–H groups in total. The van der Waals surface area contributed by atoms with Crippen LogP contribution in [0.15, 0.2) is 75.8 Å². The van der Waals surface area contributed by atoms with Gasteiger partial charge >= 0.3 is 29.6 Å². The number of rotatable bonds is 6. The summed E-state index contributed by atoms with van der Waals surface area (Å²) in [5, 5.41) is 25.2. The Morgan fingerprint density at radius 1 is 1.03 bits per heavy atom. The fraction of sp³-hybridized carbons (Fsp3) is 0.0800. The Bertz CT molecular complexity index is 1700. The molecule has 1 amide bonds. The van der Waals surface area contributed by atoms with Crippen molar-refractivity contribution in [3.8, 4) is 11.5 Å². The Morgan fingerprint density at radius 3 is 2.42 bits per heavy atom. The number of para-hydroxylation sites is 1. The molecule has 190 valence electrons. The van der Waals surface area contributed by atoms with E-state index >= 15 is 0 Å². The number of carbonyl (C=O) groups is 1. The van der Waals surface area contributed by atoms with E-state index in [1.54, 1.807) is 42.5 Å². The van der Waals surface area contributed by atoms with Crippen LogP contribution in [0.2, 0.25) is 10.0 Å². The predicted octanol–water partition coefficient (Wildman–Crippen LogP) is 3.46. The van der Waals surface area contributed by atoms with Gasteiger partial charge in [-0.15, -0.1) is 5.11 Å². The summed E-state index contributed by atoms with van der Waals surface area (Å²) in [5.41, 5.74) is 0.106. The van der Waals surface area contributed by atoms with Crippen LogP contribution in [0.3, 0.4) is 0 Å². The number of nitrogens with zero attached hydrogens (tertiary/aromatic N) is 2. The standard InChI is InChI=1S/C25H19Cl2N3O6S.Na/c1-13-10-19(18(27)12-21(13)37(33,34)35)29-30-22-15-7-4-3-6-14(15)11-16(24(22)31)25(32)28-23-17(26)8-5-9-20(23)36-2;/h3-12,31H,1-2H3,(H,28,32)(H,33,34,35);/q;+1/p-1. The summed E-state index contributed by atoms with van der Waals surface area (Å²) < 4.78 is 37.7. The Hall–Kier alpha value is -2.70. The zero-order chi connectivity index (χ0) is 26.9. The minimum Gasteiger partial charge on any atom is -0.870 e. The monoisotopic (exact) mass is 581 g/mol. The Morgan fingerprint density at radius 2 is 1.74 bits per heavy atom. The van der Waals surface area contributed by atoms with Crippen LogP contribution in [0.4, 0.5) is 17.1 Å². The predicted molar refractivity (Wildman–Crippen MR) is 140 cm³/mol. The Kier molecular flexibility index (Phi) is 9.43. The van der Waals surface area contributed by atoms with E-state index < -0.39 is 21.8 Å². The number of ether oxygens (including phenoxy) is 1. The number of nitrogens with one attached hydrogen (secondary N) is 1. The second kappa shape index (κ2) is 12.0. The van der Waals surface area contributed by atoms with Gasteiger partial charge in [0.2, 0.25) is 0 Å². The van der Waals surface area contributed by atoms with Gasteiger partial charge in [0.05, 0.1) is 27.7 Å². The number of amides is 1. The second-order valence-electron chi connectivity index (χ2n) is 7.84. The minimum atomic E-state index is -4.49. The van der Waals surface area contributed by atoms with E-state index in [2.05, 4.69) is 15.5 Å². The number of anilines is 1. The summed E-state index contributed by atoms with van der Waals surface area (Å²) in [6, 6.07) is 15.4. The van der Waals surface area contributed by atoms with E-state index in [0.717, 1.165) is 6.07 Å². The largest absolute Gasteiger partial charge is 1.00 e. The smallest absolute Gasteiger partial charge is 0.870 e. The molecule has 0 saturated heterocycles. The first-order valence-electron chi connectivity index (χ1n) is 10.6. The molecule has 4 aromatic carbocycles. The van der Waals surface area contributed by atoms with Crippen molar-refractivity contribution in [2.75, 3.05) is 12.4 Å². The molecular formula is C25H18Cl2N3NaO6S. The third kappa shape index (κ3) is 6.13. The van der Waals surface area contributed by atoms with Crippen molar-refractivity contribution in [2.45, 2.75) is 11.8 Å². The van der Waals surface area contributed by atoms with E-state index in [-0.39, 0.29) is 72.7 Å². The van der Waals surface area contributed by atoms with Gasteiger partial charge in [-0.2, -0.15) is 13.5 Å². The molecule has 0 aromatic heterocycles. The van der Waals surface area contributed by atoms with E-state index in [1.807, 2.05) is 0 Å². The first-order chi connectivity index (χ1) is 17.5. The van der Waals surface area contributed by atoms with Gasteiger partial charge in [0.1, 0.15) is 17.1 Å². The average Bonchev–Trinajstić information content (AvgIpc) is 2.85. The zero-order valence-corrected chi connectivity index (χ0v) is 24.6. The molecule has 0 bridgehead atoms. The third-order valence-electron chi connectivity index (χ3n) is 5.43. The number of aryl methyl sites for hydroxylation is 1. The van der Waals surface area contributed by atoms with Crippen molar-refractivity contribution in [1.29, 1.82) is 0 Å². The van der Waals surface area contributed by atoms with E-state index in [4.69, 9.17) is 27.9 Å². The molecule has 0 aliphatic heterocycles. The zero-order valence-electron chi connectivity index (χ0n) is 20.3. The first kappa shape index (κ1) is 29.9. The average molecular weight is 582 g/mol. The van der Waals surface area contributed by atoms with Crippen LogP contribution < -0.4 is 44.7 Å². The van der Waals surface area contributed by atoms with Crippen LogP contribution in [0.5, 0.6) is 11.5 Å². The summed E-state index contributed by atoms with van der Waals surface area (Å²) in [7, 11) is -3.07. The molecule has 0 heterocycles. The van der Waals surface area contributed by atoms with Crippen LogP contribution in [-0.2, 0) is 10.1 Å². The summed E-state index contributed by atoms with van der Waals surface area (Å²) in [4.78, 5) is 12.8. The molecule has 0 aliphatic carbocycles. The minimum absolute atomic E-state index is 0. The number of halogens is 2. The third-order valence-corrected chi connectivity index (χ3v) is 7.05. The maximum atomic E-state index is 13.4. The van der Waals surface area contributed by atoms with Crippen molar-refractivity contribution >= 4 is 67.1 Å². The topological polar surface area (TPSA) is 140 Å². The van der Waals surface area contributed by atoms with Gasteiger partial charge in [-0.25, -0.2) is 0 Å². The van der Waals surface area contributed by atoms with Crippen LogP contribution in [0, 0.1) is 6.92 Å². The van der Waals surface area contributed by atoms with Gasteiger partial charge < -0.3 is 15.2 Å². The number of carbonyl (C=O) groups excluding carboxylic acids is 1. The molecular weight excluding hydrogens is 564 g/mol. The molecule has 13 heteroatoms. The normalized spacial score (nSPS) is 11.4. The van der Waals surface area contributed by atoms with E-state index in [0.29, 0.717) is 16.5 Å². The quantitative estimate of drug-likeness (QED) is 0.203. The molecule has 9 nitrogen and oxygen atoms in total. The van der Waals surface area contributed by atoms with Crippen LogP contribution in [0.25, 0.3) is 10.8 Å². The molecule has 0 radical (unpaired) electrons. The molecule has 0 saturated carbocycles. The second-order valence-corrected chi connectivity index (χ2v) is 10.0. The van der Waals surface area contributed by atoms with Gasteiger partial charge in [0.15, 0.2) is 0 Å². The van der Waals surface area contributed by atoms with Gasteiger partial charge in [0.25, 0.3) is 16.0 Å². The molecule has 0 aliphatic rings. The SMILES string of the molecule is COc1cccc(Cl)c1NC(=O)c1cc2ccccc2c(N=Nc2cc(C)c(S(=O)(=O)O)cc2Cl)c1[O-].[Na+]. The number of hydrogen-bond donors (Lipinski definition) is 2. The maximum absolute atomic E-state index is 13.4. The molecule has 4 rings (SSSR count). The van der Waals surface area contributed by atoms with Gasteiger partial charge in [0, 0.05) is 10.9 Å². The molecule has 0 fully saturated rings. The summed E-state index contributed by atoms with van der Waals surface area (Å²) >= 11 is 12.4. The van der Waals surface area contributed by atoms with E-state index in [9.17, 15) is 22.9 Å². The summed E-state index contributed by atoms with van der Waals surface area (Å²) in [6.45, 7) is 1.45. The van der Waals surface area contributed by atoms with Crippen molar-refractivity contribution in [1.82, 2.24) is 0 Å². The van der Waals surface area contributed by atoms with Crippen LogP contribution in [-0.4, -0.2) is 26.0 Å². The summed E-state index contributed by atoms with van der Waals surface area (Å²) in [5.74, 6) is -1.12. The maximum Gasteiger partial charge on any atom is 1.00 e. The molecule has 0 spiro atoms. The number of benzene rings is 4. The number of hydrogen-bond acceptors (Lipinski definition) is 7. The van der Waals surface area contributed by atoms with E-state index in [1.165, 1.54) is 26.2 Å². The van der Waals surface area contributed by atoms with Gasteiger partial charge in [-0.1, -0.05) is 59.3 Å². The number of azo groups is 1. The van der Waals surface area contributed by atoms with Crippen molar-refractivity contribution in [3.05, 3.63) is 81.8 Å². The molecule has 0 unspecified atom stereocenters. The number of methoxy groups -OCH3 is 1. The Labute approximate surface area is 250 Å². The molecule has 4 aromatic rings. The Balaban J connectivity index is 0.00000400. The van der Waals surface area contributed by atoms with Crippen LogP contribution >= 0.6 is 23.2 Å². The van der Waals surface area contributed by atoms with Crippen LogP contribution in [0.1, 0.15) is 15.9 Å².